The molecule has 0 aliphatic rings. The number of rotatable bonds is 4. The van der Waals surface area contributed by atoms with E-state index in [1.807, 2.05) is 13.8 Å². The van der Waals surface area contributed by atoms with Crippen LogP contribution in [-0.4, -0.2) is 18.4 Å². The van der Waals surface area contributed by atoms with Gasteiger partial charge in [0.1, 0.15) is 0 Å². The second-order valence-corrected chi connectivity index (χ2v) is 6.12. The minimum absolute atomic E-state index is 0.162. The molecule has 2 rings (SSSR count). The number of aromatic amines is 1. The molecular formula is C12H16N4O2S. The molecule has 6 nitrogen and oxygen atoms in total. The van der Waals surface area contributed by atoms with Crippen molar-refractivity contribution in [1.82, 2.24) is 14.7 Å². The van der Waals surface area contributed by atoms with Crippen LogP contribution in [0, 0.1) is 13.8 Å². The standard InChI is InChI=1S/C12H16N4O2S/c1-8-3-11(4-12(13)9(8)2)19(17,18)16-6-10-5-14-7-15-10/h3-5,7,16H,6,13H2,1-2H3,(H,14,15). The fourth-order valence-electron chi connectivity index (χ4n) is 1.65. The molecule has 0 aliphatic carbocycles. The molecule has 1 heterocycles. The molecule has 19 heavy (non-hydrogen) atoms. The van der Waals surface area contributed by atoms with Crippen LogP contribution in [0.1, 0.15) is 16.8 Å². The number of nitrogens with one attached hydrogen (secondary N) is 2. The molecule has 0 bridgehead atoms. The van der Waals surface area contributed by atoms with Crippen molar-refractivity contribution in [3.8, 4) is 0 Å². The molecule has 0 atom stereocenters. The predicted octanol–water partition coefficient (Wildman–Crippen LogP) is 1.09. The lowest BCUT2D eigenvalue weighted by molar-refractivity contribution is 0.580. The van der Waals surface area contributed by atoms with Crippen LogP contribution in [-0.2, 0) is 16.6 Å². The van der Waals surface area contributed by atoms with E-state index in [-0.39, 0.29) is 11.4 Å². The summed E-state index contributed by atoms with van der Waals surface area (Å²) in [6, 6.07) is 3.08. The van der Waals surface area contributed by atoms with E-state index in [0.29, 0.717) is 11.4 Å². The number of anilines is 1. The van der Waals surface area contributed by atoms with Crippen LogP contribution >= 0.6 is 0 Å². The van der Waals surface area contributed by atoms with Gasteiger partial charge in [-0.05, 0) is 37.1 Å². The smallest absolute Gasteiger partial charge is 0.241 e. The van der Waals surface area contributed by atoms with E-state index in [1.165, 1.54) is 12.4 Å². The van der Waals surface area contributed by atoms with Gasteiger partial charge in [-0.1, -0.05) is 0 Å². The molecule has 0 saturated carbocycles. The molecule has 102 valence electrons. The van der Waals surface area contributed by atoms with Crippen molar-refractivity contribution in [2.75, 3.05) is 5.73 Å². The Morgan fingerprint density at radius 1 is 1.37 bits per heavy atom. The molecule has 1 aromatic carbocycles. The van der Waals surface area contributed by atoms with E-state index in [1.54, 1.807) is 12.3 Å². The third-order valence-electron chi connectivity index (χ3n) is 3.00. The van der Waals surface area contributed by atoms with Crippen molar-refractivity contribution >= 4 is 15.7 Å². The maximum atomic E-state index is 12.1. The maximum absolute atomic E-state index is 12.1. The number of H-pyrrole nitrogens is 1. The Morgan fingerprint density at radius 3 is 2.68 bits per heavy atom. The monoisotopic (exact) mass is 280 g/mol. The van der Waals surface area contributed by atoms with Crippen molar-refractivity contribution in [3.05, 3.63) is 41.5 Å². The van der Waals surface area contributed by atoms with Gasteiger partial charge in [0.05, 0.1) is 17.8 Å². The zero-order chi connectivity index (χ0) is 14.0. The first kappa shape index (κ1) is 13.6. The summed E-state index contributed by atoms with van der Waals surface area (Å²) < 4.78 is 26.8. The third kappa shape index (κ3) is 2.94. The first-order valence-electron chi connectivity index (χ1n) is 5.74. The highest BCUT2D eigenvalue weighted by Gasteiger charge is 2.16. The van der Waals surface area contributed by atoms with Crippen LogP contribution in [0.25, 0.3) is 0 Å². The summed E-state index contributed by atoms with van der Waals surface area (Å²) in [5.41, 5.74) is 8.71. The van der Waals surface area contributed by atoms with Gasteiger partial charge < -0.3 is 10.7 Å². The van der Waals surface area contributed by atoms with E-state index in [4.69, 9.17) is 5.73 Å². The number of hydrogen-bond donors (Lipinski definition) is 3. The first-order valence-corrected chi connectivity index (χ1v) is 7.22. The van der Waals surface area contributed by atoms with Gasteiger partial charge in [-0.3, -0.25) is 0 Å². The maximum Gasteiger partial charge on any atom is 0.241 e. The van der Waals surface area contributed by atoms with Crippen molar-refractivity contribution < 1.29 is 8.42 Å². The Morgan fingerprint density at radius 2 is 2.11 bits per heavy atom. The van der Waals surface area contributed by atoms with Crippen molar-refractivity contribution in [1.29, 1.82) is 0 Å². The Labute approximate surface area is 112 Å². The number of benzene rings is 1. The van der Waals surface area contributed by atoms with Gasteiger partial charge in [0.15, 0.2) is 0 Å². The number of nitrogens with two attached hydrogens (primary N) is 1. The van der Waals surface area contributed by atoms with Crippen LogP contribution in [0.2, 0.25) is 0 Å². The lowest BCUT2D eigenvalue weighted by Crippen LogP contribution is -2.23. The number of sulfonamides is 1. The average Bonchev–Trinajstić information content (AvgIpc) is 2.86. The minimum atomic E-state index is -3.58. The van der Waals surface area contributed by atoms with Gasteiger partial charge in [-0.15, -0.1) is 0 Å². The lowest BCUT2D eigenvalue weighted by Gasteiger charge is -2.10. The minimum Gasteiger partial charge on any atom is -0.398 e. The van der Waals surface area contributed by atoms with E-state index < -0.39 is 10.0 Å². The van der Waals surface area contributed by atoms with Crippen LogP contribution < -0.4 is 10.5 Å². The van der Waals surface area contributed by atoms with Gasteiger partial charge in [-0.25, -0.2) is 18.1 Å². The predicted molar refractivity (Wildman–Crippen MR) is 72.9 cm³/mol. The van der Waals surface area contributed by atoms with Gasteiger partial charge in [0.2, 0.25) is 10.0 Å². The SMILES string of the molecule is Cc1cc(S(=O)(=O)NCc2cnc[nH]2)cc(N)c1C. The fraction of sp³-hybridized carbons (Fsp3) is 0.250. The lowest BCUT2D eigenvalue weighted by atomic mass is 10.1. The summed E-state index contributed by atoms with van der Waals surface area (Å²) >= 11 is 0. The Hall–Kier alpha value is -1.86. The second kappa shape index (κ2) is 5.02. The van der Waals surface area contributed by atoms with Gasteiger partial charge in [-0.2, -0.15) is 0 Å². The second-order valence-electron chi connectivity index (χ2n) is 4.36. The summed E-state index contributed by atoms with van der Waals surface area (Å²) in [7, 11) is -3.58. The van der Waals surface area contributed by atoms with Crippen molar-refractivity contribution in [2.45, 2.75) is 25.3 Å². The largest absolute Gasteiger partial charge is 0.398 e. The molecular weight excluding hydrogens is 264 g/mol. The third-order valence-corrected chi connectivity index (χ3v) is 4.38. The molecule has 7 heteroatoms. The first-order chi connectivity index (χ1) is 8.90. The summed E-state index contributed by atoms with van der Waals surface area (Å²) in [6.45, 7) is 3.86. The highest BCUT2D eigenvalue weighted by Crippen LogP contribution is 2.21. The summed E-state index contributed by atoms with van der Waals surface area (Å²) in [6.07, 6.45) is 3.06. The van der Waals surface area contributed by atoms with E-state index in [0.717, 1.165) is 11.1 Å². The molecule has 0 aliphatic heterocycles. The summed E-state index contributed by atoms with van der Waals surface area (Å²) in [5.74, 6) is 0. The topological polar surface area (TPSA) is 101 Å². The zero-order valence-electron chi connectivity index (χ0n) is 10.8. The Balaban J connectivity index is 2.24. The molecule has 0 fully saturated rings. The quantitative estimate of drug-likeness (QED) is 0.730. The highest BCUT2D eigenvalue weighted by atomic mass is 32.2. The molecule has 1 aromatic heterocycles. The van der Waals surface area contributed by atoms with Crippen LogP contribution in [0.3, 0.4) is 0 Å². The normalized spacial score (nSPS) is 11.7. The Bertz CT molecular complexity index is 655. The van der Waals surface area contributed by atoms with Crippen molar-refractivity contribution in [3.63, 3.8) is 0 Å². The summed E-state index contributed by atoms with van der Waals surface area (Å²) in [5, 5.41) is 0. The molecule has 0 spiro atoms. The van der Waals surface area contributed by atoms with Crippen LogP contribution in [0.4, 0.5) is 5.69 Å². The number of imidazole rings is 1. The highest BCUT2D eigenvalue weighted by molar-refractivity contribution is 7.89. The molecule has 0 amide bonds. The number of nitrogens with zero attached hydrogens (tertiary/aromatic N) is 1. The van der Waals surface area contributed by atoms with Crippen molar-refractivity contribution in [2.24, 2.45) is 0 Å². The van der Waals surface area contributed by atoms with Gasteiger partial charge in [0.25, 0.3) is 0 Å². The molecule has 0 radical (unpaired) electrons. The number of aryl methyl sites for hydroxylation is 1. The average molecular weight is 280 g/mol. The molecule has 4 N–H and O–H groups in total. The fourth-order valence-corrected chi connectivity index (χ4v) is 2.77. The number of hydrogen-bond acceptors (Lipinski definition) is 4. The number of aromatic nitrogens is 2. The van der Waals surface area contributed by atoms with E-state index >= 15 is 0 Å². The molecule has 0 unspecified atom stereocenters. The van der Waals surface area contributed by atoms with Gasteiger partial charge in [0, 0.05) is 17.6 Å². The van der Waals surface area contributed by atoms with Crippen LogP contribution in [0.5, 0.6) is 0 Å². The Kier molecular flexibility index (Phi) is 3.59. The number of nitrogen functional groups attached to an aromatic ring is 1. The molecule has 0 saturated heterocycles. The van der Waals surface area contributed by atoms with Gasteiger partial charge >= 0.3 is 0 Å². The summed E-state index contributed by atoms with van der Waals surface area (Å²) in [4.78, 5) is 6.83. The van der Waals surface area contributed by atoms with E-state index in [2.05, 4.69) is 14.7 Å². The zero-order valence-corrected chi connectivity index (χ0v) is 11.6. The van der Waals surface area contributed by atoms with E-state index in [9.17, 15) is 8.42 Å². The molecule has 2 aromatic rings. The van der Waals surface area contributed by atoms with Crippen LogP contribution in [0.15, 0.2) is 29.6 Å².